The first-order valence-electron chi connectivity index (χ1n) is 7.42. The van der Waals surface area contributed by atoms with Crippen LogP contribution in [-0.4, -0.2) is 46.3 Å². The smallest absolute Gasteiger partial charge is 0.153 e. The number of aryl methyl sites for hydroxylation is 1. The van der Waals surface area contributed by atoms with Gasteiger partial charge in [0, 0.05) is 38.1 Å². The molecule has 1 aliphatic rings. The molecule has 22 heavy (non-hydrogen) atoms. The van der Waals surface area contributed by atoms with E-state index in [1.165, 1.54) is 0 Å². The Morgan fingerprint density at radius 3 is 2.64 bits per heavy atom. The quantitative estimate of drug-likeness (QED) is 0.810. The van der Waals surface area contributed by atoms with Crippen LogP contribution in [0.1, 0.15) is 24.2 Å². The van der Waals surface area contributed by atoms with Gasteiger partial charge >= 0.3 is 0 Å². The Morgan fingerprint density at radius 2 is 2.05 bits per heavy atom. The molecule has 0 bridgehead atoms. The number of pyridine rings is 1. The van der Waals surface area contributed by atoms with E-state index in [1.54, 1.807) is 17.1 Å². The monoisotopic (exact) mass is 300 g/mol. The molecule has 1 fully saturated rings. The number of hydrogen-bond donors (Lipinski definition) is 0. The predicted molar refractivity (Wildman–Crippen MR) is 84.0 cm³/mol. The molecule has 3 heterocycles. The maximum Gasteiger partial charge on any atom is 0.153 e. The molecule has 2 atom stereocenters. The van der Waals surface area contributed by atoms with E-state index in [2.05, 4.69) is 15.0 Å². The van der Waals surface area contributed by atoms with Crippen molar-refractivity contribution in [1.82, 2.24) is 14.8 Å². The Bertz CT molecular complexity index is 673. The van der Waals surface area contributed by atoms with Crippen molar-refractivity contribution < 1.29 is 9.53 Å². The third-order valence-corrected chi connectivity index (χ3v) is 3.86. The first-order chi connectivity index (χ1) is 10.6. The van der Waals surface area contributed by atoms with Crippen molar-refractivity contribution in [3.05, 3.63) is 30.1 Å². The number of aldehydes is 1. The lowest BCUT2D eigenvalue weighted by Crippen LogP contribution is -2.46. The largest absolute Gasteiger partial charge is 0.372 e. The van der Waals surface area contributed by atoms with Gasteiger partial charge in [-0.1, -0.05) is 0 Å². The van der Waals surface area contributed by atoms with Gasteiger partial charge in [0.1, 0.15) is 5.82 Å². The van der Waals surface area contributed by atoms with Crippen LogP contribution in [0.5, 0.6) is 0 Å². The van der Waals surface area contributed by atoms with Crippen LogP contribution in [0, 0.1) is 0 Å². The van der Waals surface area contributed by atoms with Gasteiger partial charge in [-0.3, -0.25) is 9.48 Å². The fourth-order valence-electron chi connectivity index (χ4n) is 2.97. The molecule has 0 aliphatic carbocycles. The molecule has 2 aromatic heterocycles. The Morgan fingerprint density at radius 1 is 1.32 bits per heavy atom. The fourth-order valence-corrected chi connectivity index (χ4v) is 2.97. The van der Waals surface area contributed by atoms with E-state index >= 15 is 0 Å². The van der Waals surface area contributed by atoms with Gasteiger partial charge in [0.15, 0.2) is 6.29 Å². The van der Waals surface area contributed by atoms with E-state index < -0.39 is 0 Å². The zero-order valence-corrected chi connectivity index (χ0v) is 13.1. The van der Waals surface area contributed by atoms with Crippen molar-refractivity contribution in [2.24, 2.45) is 7.05 Å². The van der Waals surface area contributed by atoms with Gasteiger partial charge in [-0.15, -0.1) is 0 Å². The lowest BCUT2D eigenvalue weighted by molar-refractivity contribution is -0.00549. The van der Waals surface area contributed by atoms with Crippen LogP contribution < -0.4 is 4.90 Å². The van der Waals surface area contributed by atoms with E-state index in [4.69, 9.17) is 4.74 Å². The van der Waals surface area contributed by atoms with E-state index in [-0.39, 0.29) is 12.2 Å². The topological polar surface area (TPSA) is 60.2 Å². The van der Waals surface area contributed by atoms with Crippen molar-refractivity contribution in [3.8, 4) is 11.3 Å². The lowest BCUT2D eigenvalue weighted by atomic mass is 10.1. The van der Waals surface area contributed by atoms with E-state index in [9.17, 15) is 4.79 Å². The van der Waals surface area contributed by atoms with Crippen LogP contribution in [-0.2, 0) is 11.8 Å². The third-order valence-electron chi connectivity index (χ3n) is 3.86. The zero-order chi connectivity index (χ0) is 15.7. The fraction of sp³-hybridized carbons (Fsp3) is 0.438. The summed E-state index contributed by atoms with van der Waals surface area (Å²) < 4.78 is 7.51. The zero-order valence-electron chi connectivity index (χ0n) is 13.1. The molecule has 0 spiro atoms. The number of carbonyl (C=O) groups excluding carboxylic acids is 1. The molecule has 1 aliphatic heterocycles. The molecule has 2 aromatic rings. The number of ether oxygens (including phenoxy) is 1. The summed E-state index contributed by atoms with van der Waals surface area (Å²) in [5.74, 6) is 0.725. The molecule has 0 aromatic carbocycles. The molecule has 0 radical (unpaired) electrons. The Balaban J connectivity index is 1.96. The summed E-state index contributed by atoms with van der Waals surface area (Å²) >= 11 is 0. The van der Waals surface area contributed by atoms with Crippen molar-refractivity contribution in [3.63, 3.8) is 0 Å². The maximum atomic E-state index is 11.5. The van der Waals surface area contributed by atoms with Gasteiger partial charge in [0.05, 0.1) is 23.5 Å². The molecule has 116 valence electrons. The molecule has 6 heteroatoms. The molecule has 0 saturated carbocycles. The molecule has 0 amide bonds. The maximum absolute atomic E-state index is 11.5. The predicted octanol–water partition coefficient (Wildman–Crippen LogP) is 1.91. The second kappa shape index (κ2) is 5.88. The SMILES string of the molecule is C[C@@H]1CN(c2ncc(-c3ccnn3C)cc2C=O)C[C@H](C)O1. The first-order valence-corrected chi connectivity index (χ1v) is 7.42. The Labute approximate surface area is 129 Å². The van der Waals surface area contributed by atoms with Crippen LogP contribution in [0.4, 0.5) is 5.82 Å². The number of carbonyl (C=O) groups is 1. The number of anilines is 1. The lowest BCUT2D eigenvalue weighted by Gasteiger charge is -2.36. The average Bonchev–Trinajstić information content (AvgIpc) is 2.91. The highest BCUT2D eigenvalue weighted by Gasteiger charge is 2.25. The molecular formula is C16H20N4O2. The van der Waals surface area contributed by atoms with Crippen LogP contribution in [0.25, 0.3) is 11.3 Å². The van der Waals surface area contributed by atoms with E-state index in [0.717, 1.165) is 36.5 Å². The van der Waals surface area contributed by atoms with Crippen LogP contribution in [0.15, 0.2) is 24.5 Å². The molecule has 0 unspecified atom stereocenters. The highest BCUT2D eigenvalue weighted by molar-refractivity contribution is 5.85. The second-order valence-electron chi connectivity index (χ2n) is 5.76. The summed E-state index contributed by atoms with van der Waals surface area (Å²) in [7, 11) is 1.87. The summed E-state index contributed by atoms with van der Waals surface area (Å²) in [5, 5.41) is 4.15. The number of morpholine rings is 1. The summed E-state index contributed by atoms with van der Waals surface area (Å²) in [6.45, 7) is 5.55. The Hall–Kier alpha value is -2.21. The summed E-state index contributed by atoms with van der Waals surface area (Å²) in [6.07, 6.45) is 4.65. The minimum Gasteiger partial charge on any atom is -0.372 e. The van der Waals surface area contributed by atoms with E-state index in [0.29, 0.717) is 5.56 Å². The molecule has 0 N–H and O–H groups in total. The molecule has 1 saturated heterocycles. The van der Waals surface area contributed by atoms with E-state index in [1.807, 2.05) is 33.0 Å². The summed E-state index contributed by atoms with van der Waals surface area (Å²) in [5.41, 5.74) is 2.42. The van der Waals surface area contributed by atoms with Crippen molar-refractivity contribution in [1.29, 1.82) is 0 Å². The van der Waals surface area contributed by atoms with Gasteiger partial charge < -0.3 is 9.64 Å². The first kappa shape index (κ1) is 14.7. The van der Waals surface area contributed by atoms with Gasteiger partial charge in [-0.05, 0) is 26.0 Å². The highest BCUT2D eigenvalue weighted by atomic mass is 16.5. The normalized spacial score (nSPS) is 21.9. The van der Waals surface area contributed by atoms with Crippen LogP contribution >= 0.6 is 0 Å². The number of nitrogens with zero attached hydrogens (tertiary/aromatic N) is 4. The third kappa shape index (κ3) is 2.74. The summed E-state index contributed by atoms with van der Waals surface area (Å²) in [6, 6.07) is 3.78. The van der Waals surface area contributed by atoms with Crippen molar-refractivity contribution >= 4 is 12.1 Å². The number of rotatable bonds is 3. The van der Waals surface area contributed by atoms with Gasteiger partial charge in [-0.25, -0.2) is 4.98 Å². The summed E-state index contributed by atoms with van der Waals surface area (Å²) in [4.78, 5) is 18.2. The minimum atomic E-state index is 0.127. The average molecular weight is 300 g/mol. The highest BCUT2D eigenvalue weighted by Crippen LogP contribution is 2.26. The van der Waals surface area contributed by atoms with Gasteiger partial charge in [-0.2, -0.15) is 5.10 Å². The van der Waals surface area contributed by atoms with Crippen molar-refractivity contribution in [2.45, 2.75) is 26.1 Å². The van der Waals surface area contributed by atoms with Crippen molar-refractivity contribution in [2.75, 3.05) is 18.0 Å². The van der Waals surface area contributed by atoms with Crippen LogP contribution in [0.3, 0.4) is 0 Å². The Kier molecular flexibility index (Phi) is 3.94. The van der Waals surface area contributed by atoms with Crippen LogP contribution in [0.2, 0.25) is 0 Å². The van der Waals surface area contributed by atoms with Gasteiger partial charge in [0.2, 0.25) is 0 Å². The molecule has 3 rings (SSSR count). The second-order valence-corrected chi connectivity index (χ2v) is 5.76. The number of aromatic nitrogens is 3. The molecular weight excluding hydrogens is 280 g/mol. The molecule has 6 nitrogen and oxygen atoms in total. The standard InChI is InChI=1S/C16H20N4O2/c1-11-8-20(9-12(2)22-11)16-14(10-21)6-13(7-17-16)15-4-5-18-19(15)3/h4-7,10-12H,8-9H2,1-3H3/t11-,12+. The van der Waals surface area contributed by atoms with Gasteiger partial charge in [0.25, 0.3) is 0 Å². The number of hydrogen-bond acceptors (Lipinski definition) is 5. The minimum absolute atomic E-state index is 0.127.